The second-order valence-corrected chi connectivity index (χ2v) is 6.09. The maximum Gasteiger partial charge on any atom is 0.416 e. The molecule has 0 spiro atoms. The molecule has 0 aromatic heterocycles. The van der Waals surface area contributed by atoms with Crippen LogP contribution >= 0.6 is 0 Å². The van der Waals surface area contributed by atoms with E-state index in [1.807, 2.05) is 0 Å². The monoisotopic (exact) mass is 334 g/mol. The zero-order valence-electron chi connectivity index (χ0n) is 13.2. The Morgan fingerprint density at radius 2 is 1.96 bits per heavy atom. The SMILES string of the molecule is CC(C)(C)OC(=O)Nc1cc(C(F)(F)F)ccc1CC(O)CN. The molecular weight excluding hydrogens is 313 g/mol. The van der Waals surface area contributed by atoms with Crippen molar-refractivity contribution in [3.05, 3.63) is 29.3 Å². The molecule has 0 bridgehead atoms. The molecule has 4 N–H and O–H groups in total. The molecule has 0 aliphatic carbocycles. The van der Waals surface area contributed by atoms with Crippen LogP contribution in [0.25, 0.3) is 0 Å². The van der Waals surface area contributed by atoms with E-state index in [2.05, 4.69) is 5.32 Å². The molecular formula is C15H21F3N2O3. The normalized spacial score (nSPS) is 13.6. The van der Waals surface area contributed by atoms with E-state index in [4.69, 9.17) is 10.5 Å². The molecule has 130 valence electrons. The van der Waals surface area contributed by atoms with Gasteiger partial charge in [-0.1, -0.05) is 6.07 Å². The maximum atomic E-state index is 12.8. The first-order valence-corrected chi connectivity index (χ1v) is 7.00. The second kappa shape index (κ2) is 7.18. The van der Waals surface area contributed by atoms with Gasteiger partial charge in [0.25, 0.3) is 0 Å². The summed E-state index contributed by atoms with van der Waals surface area (Å²) in [4.78, 5) is 11.8. The molecule has 0 heterocycles. The highest BCUT2D eigenvalue weighted by atomic mass is 19.4. The number of hydrogen-bond donors (Lipinski definition) is 3. The topological polar surface area (TPSA) is 84.6 Å². The van der Waals surface area contributed by atoms with Crippen molar-refractivity contribution < 1.29 is 27.8 Å². The molecule has 0 aliphatic heterocycles. The van der Waals surface area contributed by atoms with Crippen molar-refractivity contribution in [1.29, 1.82) is 0 Å². The van der Waals surface area contributed by atoms with Crippen molar-refractivity contribution >= 4 is 11.8 Å². The van der Waals surface area contributed by atoms with Crippen LogP contribution in [0.1, 0.15) is 31.9 Å². The van der Waals surface area contributed by atoms with E-state index < -0.39 is 29.5 Å². The lowest BCUT2D eigenvalue weighted by molar-refractivity contribution is -0.137. The van der Waals surface area contributed by atoms with Crippen LogP contribution in [0.3, 0.4) is 0 Å². The number of anilines is 1. The first kappa shape index (κ1) is 19.2. The molecule has 1 aromatic carbocycles. The van der Waals surface area contributed by atoms with Crippen LogP contribution in [0.2, 0.25) is 0 Å². The van der Waals surface area contributed by atoms with Crippen LogP contribution in [0.4, 0.5) is 23.7 Å². The molecule has 23 heavy (non-hydrogen) atoms. The largest absolute Gasteiger partial charge is 0.444 e. The number of alkyl halides is 3. The van der Waals surface area contributed by atoms with Gasteiger partial charge in [-0.3, -0.25) is 5.32 Å². The van der Waals surface area contributed by atoms with Crippen LogP contribution in [0, 0.1) is 0 Å². The minimum atomic E-state index is -4.55. The highest BCUT2D eigenvalue weighted by molar-refractivity contribution is 5.86. The summed E-state index contributed by atoms with van der Waals surface area (Å²) in [6.07, 6.45) is -6.33. The van der Waals surface area contributed by atoms with Gasteiger partial charge in [0.1, 0.15) is 5.60 Å². The predicted octanol–water partition coefficient (Wildman–Crippen LogP) is 2.91. The second-order valence-electron chi connectivity index (χ2n) is 6.09. The first-order chi connectivity index (χ1) is 10.4. The number of aliphatic hydroxyl groups excluding tert-OH is 1. The minimum absolute atomic E-state index is 0.0137. The molecule has 1 atom stereocenters. The van der Waals surface area contributed by atoms with Crippen molar-refractivity contribution in [2.24, 2.45) is 5.73 Å². The number of nitrogens with two attached hydrogens (primary N) is 1. The number of carbonyl (C=O) groups excluding carboxylic acids is 1. The molecule has 0 saturated heterocycles. The zero-order valence-corrected chi connectivity index (χ0v) is 13.2. The lowest BCUT2D eigenvalue weighted by Gasteiger charge is -2.21. The zero-order chi connectivity index (χ0) is 17.8. The molecule has 1 aromatic rings. The maximum absolute atomic E-state index is 12.8. The molecule has 0 radical (unpaired) electrons. The summed E-state index contributed by atoms with van der Waals surface area (Å²) in [5, 5.41) is 11.9. The third-order valence-corrected chi connectivity index (χ3v) is 2.80. The van der Waals surface area contributed by atoms with E-state index in [9.17, 15) is 23.1 Å². The average Bonchev–Trinajstić information content (AvgIpc) is 2.37. The van der Waals surface area contributed by atoms with Gasteiger partial charge in [-0.05, 0) is 38.5 Å². The Hall–Kier alpha value is -1.80. The Morgan fingerprint density at radius 1 is 1.35 bits per heavy atom. The molecule has 0 saturated carbocycles. The van der Waals surface area contributed by atoms with E-state index in [1.54, 1.807) is 20.8 Å². The lowest BCUT2D eigenvalue weighted by Crippen LogP contribution is -2.28. The molecule has 0 fully saturated rings. The molecule has 1 amide bonds. The van der Waals surface area contributed by atoms with Gasteiger partial charge in [0.2, 0.25) is 0 Å². The van der Waals surface area contributed by atoms with Gasteiger partial charge in [0.05, 0.1) is 11.7 Å². The van der Waals surface area contributed by atoms with E-state index in [0.29, 0.717) is 5.56 Å². The number of benzene rings is 1. The Kier molecular flexibility index (Phi) is 6.01. The number of nitrogens with one attached hydrogen (secondary N) is 1. The van der Waals surface area contributed by atoms with Crippen LogP contribution in [-0.2, 0) is 17.3 Å². The fourth-order valence-electron chi connectivity index (χ4n) is 1.80. The van der Waals surface area contributed by atoms with Crippen molar-refractivity contribution in [3.63, 3.8) is 0 Å². The van der Waals surface area contributed by atoms with E-state index in [0.717, 1.165) is 12.1 Å². The van der Waals surface area contributed by atoms with Gasteiger partial charge in [0, 0.05) is 18.7 Å². The number of amides is 1. The van der Waals surface area contributed by atoms with E-state index in [-0.39, 0.29) is 18.7 Å². The number of rotatable bonds is 4. The van der Waals surface area contributed by atoms with Crippen molar-refractivity contribution in [2.75, 3.05) is 11.9 Å². The Bertz CT molecular complexity index is 554. The van der Waals surface area contributed by atoms with E-state index >= 15 is 0 Å². The van der Waals surface area contributed by atoms with Crippen LogP contribution in [-0.4, -0.2) is 29.4 Å². The Morgan fingerprint density at radius 3 is 2.43 bits per heavy atom. The quantitative estimate of drug-likeness (QED) is 0.790. The number of ether oxygens (including phenoxy) is 1. The highest BCUT2D eigenvalue weighted by Crippen LogP contribution is 2.32. The van der Waals surface area contributed by atoms with Gasteiger partial charge in [0.15, 0.2) is 0 Å². The number of hydrogen-bond acceptors (Lipinski definition) is 4. The summed E-state index contributed by atoms with van der Waals surface area (Å²) in [6.45, 7) is 4.86. The van der Waals surface area contributed by atoms with Gasteiger partial charge in [-0.2, -0.15) is 13.2 Å². The summed E-state index contributed by atoms with van der Waals surface area (Å²) in [7, 11) is 0. The molecule has 5 nitrogen and oxygen atoms in total. The smallest absolute Gasteiger partial charge is 0.416 e. The third-order valence-electron chi connectivity index (χ3n) is 2.80. The average molecular weight is 334 g/mol. The van der Waals surface area contributed by atoms with Gasteiger partial charge < -0.3 is 15.6 Å². The summed E-state index contributed by atoms with van der Waals surface area (Å²) in [5.41, 5.74) is 3.88. The van der Waals surface area contributed by atoms with Crippen molar-refractivity contribution in [1.82, 2.24) is 0 Å². The van der Waals surface area contributed by atoms with Gasteiger partial charge >= 0.3 is 12.3 Å². The first-order valence-electron chi connectivity index (χ1n) is 7.00. The third kappa shape index (κ3) is 6.45. The minimum Gasteiger partial charge on any atom is -0.444 e. The lowest BCUT2D eigenvalue weighted by atomic mass is 10.0. The van der Waals surface area contributed by atoms with Gasteiger partial charge in [-0.25, -0.2) is 4.79 Å². The summed E-state index contributed by atoms with van der Waals surface area (Å²) < 4.78 is 43.5. The predicted molar refractivity (Wildman–Crippen MR) is 80.1 cm³/mol. The van der Waals surface area contributed by atoms with Crippen LogP contribution in [0.15, 0.2) is 18.2 Å². The number of carbonyl (C=O) groups is 1. The molecule has 8 heteroatoms. The summed E-state index contributed by atoms with van der Waals surface area (Å²) >= 11 is 0. The van der Waals surface area contributed by atoms with Crippen molar-refractivity contribution in [3.8, 4) is 0 Å². The van der Waals surface area contributed by atoms with Crippen molar-refractivity contribution in [2.45, 2.75) is 45.1 Å². The Labute approximate surface area is 132 Å². The molecule has 1 rings (SSSR count). The number of halogens is 3. The molecule has 1 unspecified atom stereocenters. The molecule has 0 aliphatic rings. The fraction of sp³-hybridized carbons (Fsp3) is 0.533. The number of aliphatic hydroxyl groups is 1. The van der Waals surface area contributed by atoms with Crippen LogP contribution in [0.5, 0.6) is 0 Å². The standard InChI is InChI=1S/C15H21F3N2O3/c1-14(2,3)23-13(22)20-12-7-10(15(16,17)18)5-4-9(12)6-11(21)8-19/h4-5,7,11,21H,6,8,19H2,1-3H3,(H,20,22). The highest BCUT2D eigenvalue weighted by Gasteiger charge is 2.31. The van der Waals surface area contributed by atoms with Gasteiger partial charge in [-0.15, -0.1) is 0 Å². The fourth-order valence-corrected chi connectivity index (χ4v) is 1.80. The van der Waals surface area contributed by atoms with E-state index in [1.165, 1.54) is 6.07 Å². The summed E-state index contributed by atoms with van der Waals surface area (Å²) in [5.74, 6) is 0. The Balaban J connectivity index is 3.10. The van der Waals surface area contributed by atoms with Crippen LogP contribution < -0.4 is 11.1 Å². The summed E-state index contributed by atoms with van der Waals surface area (Å²) in [6, 6.07) is 2.90.